The number of methoxy groups -OCH3 is 1. The Bertz CT molecular complexity index is 1850. The largest absolute Gasteiger partial charge is 0.507 e. The summed E-state index contributed by atoms with van der Waals surface area (Å²) < 4.78 is 7.83. The molecule has 0 unspecified atom stereocenters. The Hall–Kier alpha value is -5.42. The van der Waals surface area contributed by atoms with Crippen molar-refractivity contribution in [2.24, 2.45) is 0 Å². The fourth-order valence-corrected chi connectivity index (χ4v) is 5.17. The molecule has 0 saturated carbocycles. The molecule has 3 aromatic carbocycles. The van der Waals surface area contributed by atoms with Crippen LogP contribution in [0.25, 0.3) is 22.2 Å². The topological polar surface area (TPSA) is 125 Å². The summed E-state index contributed by atoms with van der Waals surface area (Å²) in [7, 11) is 7.60. The zero-order valence-corrected chi connectivity index (χ0v) is 26.0. The minimum atomic E-state index is -0.182. The third-order valence-electron chi connectivity index (χ3n) is 7.46. The van der Waals surface area contributed by atoms with Crippen LogP contribution < -0.4 is 20.3 Å². The molecule has 5 rings (SSSR count). The van der Waals surface area contributed by atoms with Crippen LogP contribution in [0, 0.1) is 0 Å². The van der Waals surface area contributed by atoms with Gasteiger partial charge in [0.1, 0.15) is 11.5 Å². The highest BCUT2D eigenvalue weighted by Gasteiger charge is 2.18. The van der Waals surface area contributed by atoms with E-state index in [1.165, 1.54) is 6.92 Å². The van der Waals surface area contributed by atoms with Crippen molar-refractivity contribution in [3.63, 3.8) is 0 Å². The average Bonchev–Trinajstić information content (AvgIpc) is 3.38. The monoisotopic (exact) mass is 607 g/mol. The maximum absolute atomic E-state index is 12.1. The minimum absolute atomic E-state index is 0.0453. The van der Waals surface area contributed by atoms with Crippen molar-refractivity contribution in [1.82, 2.24) is 19.4 Å². The Kier molecular flexibility index (Phi) is 9.29. The molecule has 2 aromatic heterocycles. The number of nitrogens with zero attached hydrogens (tertiary/aromatic N) is 5. The molecule has 0 aliphatic carbocycles. The van der Waals surface area contributed by atoms with Gasteiger partial charge in [0, 0.05) is 68.5 Å². The van der Waals surface area contributed by atoms with Crippen LogP contribution in [-0.2, 0) is 11.3 Å². The number of hydrogen-bond acceptors (Lipinski definition) is 9. The number of para-hydroxylation sites is 1. The zero-order chi connectivity index (χ0) is 32.1. The lowest BCUT2D eigenvalue weighted by atomic mass is 10.1. The number of ether oxygens (including phenoxy) is 1. The molecule has 11 heteroatoms. The summed E-state index contributed by atoms with van der Waals surface area (Å²) in [6, 6.07) is 18.7. The highest BCUT2D eigenvalue weighted by atomic mass is 16.5. The third-order valence-corrected chi connectivity index (χ3v) is 7.46. The van der Waals surface area contributed by atoms with Crippen LogP contribution in [0.3, 0.4) is 0 Å². The Labute approximate surface area is 262 Å². The lowest BCUT2D eigenvalue weighted by Crippen LogP contribution is -2.29. The number of phenolic OH excluding ortho intramolecular Hbond substituents is 1. The zero-order valence-electron chi connectivity index (χ0n) is 26.0. The van der Waals surface area contributed by atoms with Gasteiger partial charge in [-0.3, -0.25) is 9.59 Å². The molecule has 0 aliphatic heterocycles. The number of rotatable bonds is 12. The molecule has 5 aromatic rings. The van der Waals surface area contributed by atoms with Crippen LogP contribution in [0.1, 0.15) is 22.8 Å². The van der Waals surface area contributed by atoms with E-state index in [4.69, 9.17) is 9.72 Å². The number of phenols is 1. The number of aromatic nitrogens is 3. The van der Waals surface area contributed by atoms with Gasteiger partial charge in [-0.2, -0.15) is 0 Å². The number of likely N-dealkylation sites (N-methyl/N-ethyl adjacent to an activating group) is 2. The van der Waals surface area contributed by atoms with E-state index in [1.54, 1.807) is 25.4 Å². The van der Waals surface area contributed by atoms with Crippen molar-refractivity contribution in [3.8, 4) is 22.8 Å². The van der Waals surface area contributed by atoms with E-state index in [0.717, 1.165) is 40.8 Å². The van der Waals surface area contributed by atoms with Gasteiger partial charge < -0.3 is 34.8 Å². The second kappa shape index (κ2) is 13.5. The Morgan fingerprint density at radius 2 is 1.84 bits per heavy atom. The normalized spacial score (nSPS) is 11.1. The maximum atomic E-state index is 12.1. The first-order valence-electron chi connectivity index (χ1n) is 14.5. The van der Waals surface area contributed by atoms with Crippen LogP contribution in [0.15, 0.2) is 73.1 Å². The van der Waals surface area contributed by atoms with Gasteiger partial charge in [-0.25, -0.2) is 9.97 Å². The Morgan fingerprint density at radius 3 is 2.56 bits per heavy atom. The highest BCUT2D eigenvalue weighted by Crippen LogP contribution is 2.38. The molecule has 11 nitrogen and oxygen atoms in total. The van der Waals surface area contributed by atoms with E-state index in [-0.39, 0.29) is 17.2 Å². The number of hydrogen-bond donors (Lipinski definition) is 3. The van der Waals surface area contributed by atoms with Crippen LogP contribution >= 0.6 is 0 Å². The first kappa shape index (κ1) is 31.0. The van der Waals surface area contributed by atoms with Gasteiger partial charge in [-0.05, 0) is 50.0 Å². The molecule has 2 heterocycles. The summed E-state index contributed by atoms with van der Waals surface area (Å²) in [5.41, 5.74) is 5.79. The van der Waals surface area contributed by atoms with Crippen molar-refractivity contribution in [2.75, 3.05) is 56.9 Å². The van der Waals surface area contributed by atoms with Crippen molar-refractivity contribution >= 4 is 46.1 Å². The molecule has 0 bridgehead atoms. The smallest absolute Gasteiger partial charge is 0.227 e. The van der Waals surface area contributed by atoms with Crippen molar-refractivity contribution in [3.05, 3.63) is 84.2 Å². The second-order valence-corrected chi connectivity index (χ2v) is 11.1. The summed E-state index contributed by atoms with van der Waals surface area (Å²) in [4.78, 5) is 36.7. The number of carbonyl (C=O) groups is 2. The number of fused-ring (bicyclic) bond motifs is 1. The van der Waals surface area contributed by atoms with Gasteiger partial charge in [0.15, 0.2) is 6.29 Å². The Balaban J connectivity index is 1.48. The van der Waals surface area contributed by atoms with E-state index in [1.807, 2.05) is 75.9 Å². The Morgan fingerprint density at radius 1 is 1.04 bits per heavy atom. The third kappa shape index (κ3) is 7.05. The molecule has 0 saturated heterocycles. The molecular weight excluding hydrogens is 570 g/mol. The van der Waals surface area contributed by atoms with Gasteiger partial charge in [-0.1, -0.05) is 24.3 Å². The van der Waals surface area contributed by atoms with Crippen molar-refractivity contribution in [1.29, 1.82) is 0 Å². The quantitative estimate of drug-likeness (QED) is 0.161. The lowest BCUT2D eigenvalue weighted by Gasteiger charge is -2.25. The molecule has 0 spiro atoms. The minimum Gasteiger partial charge on any atom is -0.507 e. The number of aromatic hydroxyl groups is 1. The van der Waals surface area contributed by atoms with Gasteiger partial charge in [0.05, 0.1) is 35.4 Å². The predicted molar refractivity (Wildman–Crippen MR) is 178 cm³/mol. The number of carbonyl (C=O) groups excluding carboxylic acids is 2. The summed E-state index contributed by atoms with van der Waals surface area (Å²) in [6.07, 6.45) is 4.35. The number of anilines is 4. The fraction of sp³-hybridized carbons (Fsp3) is 0.235. The van der Waals surface area contributed by atoms with Gasteiger partial charge in [0.2, 0.25) is 11.9 Å². The van der Waals surface area contributed by atoms with Gasteiger partial charge >= 0.3 is 0 Å². The van der Waals surface area contributed by atoms with Crippen LogP contribution in [0.5, 0.6) is 11.5 Å². The summed E-state index contributed by atoms with van der Waals surface area (Å²) in [5, 5.41) is 17.4. The standard InChI is InChI=1S/C34H37N7O4/c1-22(43)36-28-17-29(33(45-5)18-31(28)40(4)15-14-39(2)3)38-34-35-13-12-27(37-34)26-20-41(30-9-7-6-8-25(26)30)19-23-10-11-24(21-42)32(44)16-23/h6-13,16-18,20-21,44H,14-15,19H2,1-5H3,(H,36,43)(H,35,37,38). The summed E-state index contributed by atoms with van der Waals surface area (Å²) >= 11 is 0. The van der Waals surface area contributed by atoms with E-state index in [0.29, 0.717) is 41.6 Å². The first-order chi connectivity index (χ1) is 21.7. The number of aldehydes is 1. The molecule has 1 amide bonds. The molecule has 45 heavy (non-hydrogen) atoms. The molecular formula is C34H37N7O4. The van der Waals surface area contributed by atoms with Crippen LogP contribution in [0.2, 0.25) is 0 Å². The molecule has 0 radical (unpaired) electrons. The molecule has 0 fully saturated rings. The van der Waals surface area contributed by atoms with Crippen LogP contribution in [-0.4, -0.2) is 78.1 Å². The average molecular weight is 608 g/mol. The van der Waals surface area contributed by atoms with Crippen molar-refractivity contribution in [2.45, 2.75) is 13.5 Å². The number of amides is 1. The first-order valence-corrected chi connectivity index (χ1v) is 14.5. The van der Waals surface area contributed by atoms with E-state index in [2.05, 4.69) is 30.0 Å². The summed E-state index contributed by atoms with van der Waals surface area (Å²) in [5.74, 6) is 0.707. The van der Waals surface area contributed by atoms with Crippen molar-refractivity contribution < 1.29 is 19.4 Å². The van der Waals surface area contributed by atoms with E-state index < -0.39 is 0 Å². The van der Waals surface area contributed by atoms with E-state index >= 15 is 0 Å². The van der Waals surface area contributed by atoms with Gasteiger partial charge in [-0.15, -0.1) is 0 Å². The van der Waals surface area contributed by atoms with E-state index in [9.17, 15) is 14.7 Å². The lowest BCUT2D eigenvalue weighted by molar-refractivity contribution is -0.114. The molecule has 0 atom stereocenters. The summed E-state index contributed by atoms with van der Waals surface area (Å²) in [6.45, 7) is 3.55. The highest BCUT2D eigenvalue weighted by molar-refractivity contribution is 5.96. The number of nitrogens with one attached hydrogen (secondary N) is 2. The number of benzene rings is 3. The maximum Gasteiger partial charge on any atom is 0.227 e. The molecule has 3 N–H and O–H groups in total. The second-order valence-electron chi connectivity index (χ2n) is 11.1. The molecule has 232 valence electrons. The van der Waals surface area contributed by atoms with Crippen LogP contribution in [0.4, 0.5) is 23.0 Å². The SMILES string of the molecule is COc1cc(N(C)CCN(C)C)c(NC(C)=O)cc1Nc1nccc(-c2cn(Cc3ccc(C=O)c(O)c3)c3ccccc23)n1. The molecule has 0 aliphatic rings. The predicted octanol–water partition coefficient (Wildman–Crippen LogP) is 5.37. The fourth-order valence-electron chi connectivity index (χ4n) is 5.17. The van der Waals surface area contributed by atoms with Gasteiger partial charge in [0.25, 0.3) is 0 Å².